The number of hydrogen-bond acceptors (Lipinski definition) is 4. The van der Waals surface area contributed by atoms with Crippen LogP contribution in [0.2, 0.25) is 0 Å². The van der Waals surface area contributed by atoms with Crippen molar-refractivity contribution in [2.75, 3.05) is 13.2 Å². The van der Waals surface area contributed by atoms with E-state index in [2.05, 4.69) is 13.8 Å². The van der Waals surface area contributed by atoms with Crippen molar-refractivity contribution in [1.29, 1.82) is 0 Å². The lowest BCUT2D eigenvalue weighted by atomic mass is 9.81. The van der Waals surface area contributed by atoms with Crippen molar-refractivity contribution >= 4 is 11.9 Å². The molecule has 0 aliphatic rings. The predicted molar refractivity (Wildman–Crippen MR) is 99.1 cm³/mol. The van der Waals surface area contributed by atoms with Crippen molar-refractivity contribution in [2.24, 2.45) is 17.8 Å². The molecule has 1 rings (SSSR count). The predicted octanol–water partition coefficient (Wildman–Crippen LogP) is 4.41. The molecule has 0 saturated carbocycles. The number of hydrogen-bond donors (Lipinski definition) is 0. The first kappa shape index (κ1) is 21.2. The molecule has 0 aromatic heterocycles. The minimum absolute atomic E-state index is 0.129. The van der Waals surface area contributed by atoms with Crippen molar-refractivity contribution < 1.29 is 19.1 Å². The summed E-state index contributed by atoms with van der Waals surface area (Å²) in [4.78, 5) is 25.2. The lowest BCUT2D eigenvalue weighted by Gasteiger charge is -2.26. The van der Waals surface area contributed by atoms with Gasteiger partial charge in [-0.3, -0.25) is 9.59 Å². The second-order valence-electron chi connectivity index (χ2n) is 6.89. The van der Waals surface area contributed by atoms with E-state index in [4.69, 9.17) is 9.47 Å². The van der Waals surface area contributed by atoms with E-state index in [1.165, 1.54) is 0 Å². The lowest BCUT2D eigenvalue weighted by Crippen LogP contribution is -2.36. The van der Waals surface area contributed by atoms with Gasteiger partial charge in [-0.05, 0) is 43.1 Å². The zero-order valence-electron chi connectivity index (χ0n) is 16.0. The zero-order chi connectivity index (χ0) is 18.7. The molecule has 0 amide bonds. The molecule has 1 atom stereocenters. The van der Waals surface area contributed by atoms with E-state index in [0.717, 1.165) is 24.8 Å². The van der Waals surface area contributed by atoms with Crippen LogP contribution in [-0.2, 0) is 25.5 Å². The van der Waals surface area contributed by atoms with Crippen molar-refractivity contribution in [3.63, 3.8) is 0 Å². The molecule has 0 radical (unpaired) electrons. The fraction of sp³-hybridized carbons (Fsp3) is 0.619. The summed E-state index contributed by atoms with van der Waals surface area (Å²) in [5, 5.41) is 0. The van der Waals surface area contributed by atoms with Crippen molar-refractivity contribution in [3.05, 3.63) is 35.9 Å². The van der Waals surface area contributed by atoms with Gasteiger partial charge in [0.25, 0.3) is 0 Å². The van der Waals surface area contributed by atoms with Crippen molar-refractivity contribution in [3.8, 4) is 0 Å². The molecule has 4 nitrogen and oxygen atoms in total. The van der Waals surface area contributed by atoms with Gasteiger partial charge in [0.1, 0.15) is 0 Å². The fourth-order valence-electron chi connectivity index (χ4n) is 2.93. The van der Waals surface area contributed by atoms with Gasteiger partial charge >= 0.3 is 11.9 Å². The number of carbonyl (C=O) groups excluding carboxylic acids is 2. The van der Waals surface area contributed by atoms with Crippen LogP contribution in [-0.4, -0.2) is 25.2 Å². The number of rotatable bonds is 11. The Morgan fingerprint density at radius 2 is 1.44 bits per heavy atom. The Morgan fingerprint density at radius 1 is 0.920 bits per heavy atom. The average molecular weight is 348 g/mol. The summed E-state index contributed by atoms with van der Waals surface area (Å²) in [7, 11) is 0. The highest BCUT2D eigenvalue weighted by molar-refractivity contribution is 5.95. The van der Waals surface area contributed by atoms with Gasteiger partial charge in [-0.2, -0.15) is 0 Å². The molecule has 0 aliphatic heterocycles. The third kappa shape index (κ3) is 7.72. The van der Waals surface area contributed by atoms with Crippen LogP contribution in [0.5, 0.6) is 0 Å². The van der Waals surface area contributed by atoms with E-state index in [9.17, 15) is 9.59 Å². The van der Waals surface area contributed by atoms with Crippen LogP contribution in [0.15, 0.2) is 30.3 Å². The van der Waals surface area contributed by atoms with Gasteiger partial charge in [-0.15, -0.1) is 0 Å². The van der Waals surface area contributed by atoms with Gasteiger partial charge in [0.15, 0.2) is 5.92 Å². The SMILES string of the molecule is CCCOC(=O)C(C(=O)OCCC)C(Cc1ccccc1)CC(C)C. The average Bonchev–Trinajstić information content (AvgIpc) is 2.58. The normalized spacial score (nSPS) is 12.2. The highest BCUT2D eigenvalue weighted by atomic mass is 16.6. The Kier molecular flexibility index (Phi) is 9.90. The molecular weight excluding hydrogens is 316 g/mol. The first-order valence-electron chi connectivity index (χ1n) is 9.36. The number of ether oxygens (including phenoxy) is 2. The third-order valence-electron chi connectivity index (χ3n) is 3.99. The monoisotopic (exact) mass is 348 g/mol. The summed E-state index contributed by atoms with van der Waals surface area (Å²) in [6.45, 7) is 8.74. The molecule has 1 aromatic rings. The maximum Gasteiger partial charge on any atom is 0.320 e. The molecule has 0 spiro atoms. The Balaban J connectivity index is 3.02. The molecule has 4 heteroatoms. The Labute approximate surface area is 151 Å². The molecule has 0 N–H and O–H groups in total. The minimum atomic E-state index is -0.860. The summed E-state index contributed by atoms with van der Waals surface area (Å²) >= 11 is 0. The highest BCUT2D eigenvalue weighted by Gasteiger charge is 2.37. The summed E-state index contributed by atoms with van der Waals surface area (Å²) in [5.41, 5.74) is 1.12. The molecular formula is C21H32O4. The molecule has 1 aromatic carbocycles. The van der Waals surface area contributed by atoms with Gasteiger partial charge in [-0.25, -0.2) is 0 Å². The molecule has 0 aliphatic carbocycles. The minimum Gasteiger partial charge on any atom is -0.465 e. The smallest absolute Gasteiger partial charge is 0.320 e. The Morgan fingerprint density at radius 3 is 1.88 bits per heavy atom. The molecule has 25 heavy (non-hydrogen) atoms. The molecule has 140 valence electrons. The third-order valence-corrected chi connectivity index (χ3v) is 3.99. The van der Waals surface area contributed by atoms with E-state index in [0.29, 0.717) is 25.6 Å². The Bertz CT molecular complexity index is 490. The van der Waals surface area contributed by atoms with E-state index in [1.807, 2.05) is 44.2 Å². The molecule has 1 unspecified atom stereocenters. The van der Waals surface area contributed by atoms with Crippen molar-refractivity contribution in [2.45, 2.75) is 53.4 Å². The van der Waals surface area contributed by atoms with Crippen LogP contribution in [0.4, 0.5) is 0 Å². The van der Waals surface area contributed by atoms with Crippen LogP contribution >= 0.6 is 0 Å². The summed E-state index contributed by atoms with van der Waals surface area (Å²) in [6.07, 6.45) is 2.89. The second kappa shape index (κ2) is 11.7. The second-order valence-corrected chi connectivity index (χ2v) is 6.89. The topological polar surface area (TPSA) is 52.6 Å². The molecule has 0 fully saturated rings. The molecule has 0 heterocycles. The van der Waals surface area contributed by atoms with Gasteiger partial charge in [0.2, 0.25) is 0 Å². The number of carbonyl (C=O) groups is 2. The number of benzene rings is 1. The Hall–Kier alpha value is -1.84. The fourth-order valence-corrected chi connectivity index (χ4v) is 2.93. The number of esters is 2. The maximum atomic E-state index is 12.6. The van der Waals surface area contributed by atoms with Gasteiger partial charge in [-0.1, -0.05) is 58.0 Å². The quantitative estimate of drug-likeness (QED) is 0.439. The van der Waals surface area contributed by atoms with E-state index >= 15 is 0 Å². The molecule has 0 saturated heterocycles. The molecule has 0 bridgehead atoms. The standard InChI is InChI=1S/C21H32O4/c1-5-12-24-20(22)19(21(23)25-13-6-2)18(14-16(3)4)15-17-10-8-7-9-11-17/h7-11,16,18-19H,5-6,12-15H2,1-4H3. The van der Waals surface area contributed by atoms with E-state index in [-0.39, 0.29) is 5.92 Å². The highest BCUT2D eigenvalue weighted by Crippen LogP contribution is 2.27. The van der Waals surface area contributed by atoms with E-state index in [1.54, 1.807) is 0 Å². The first-order valence-corrected chi connectivity index (χ1v) is 9.36. The summed E-state index contributed by atoms with van der Waals surface area (Å²) in [5.74, 6) is -1.53. The van der Waals surface area contributed by atoms with E-state index < -0.39 is 17.9 Å². The lowest BCUT2D eigenvalue weighted by molar-refractivity contribution is -0.165. The van der Waals surface area contributed by atoms with Crippen LogP contribution < -0.4 is 0 Å². The van der Waals surface area contributed by atoms with Gasteiger partial charge < -0.3 is 9.47 Å². The van der Waals surface area contributed by atoms with Crippen LogP contribution in [0, 0.1) is 17.8 Å². The van der Waals surface area contributed by atoms with Crippen LogP contribution in [0.3, 0.4) is 0 Å². The first-order chi connectivity index (χ1) is 12.0. The maximum absolute atomic E-state index is 12.6. The van der Waals surface area contributed by atoms with Crippen LogP contribution in [0.25, 0.3) is 0 Å². The summed E-state index contributed by atoms with van der Waals surface area (Å²) in [6, 6.07) is 9.96. The van der Waals surface area contributed by atoms with Gasteiger partial charge in [0, 0.05) is 0 Å². The zero-order valence-corrected chi connectivity index (χ0v) is 16.0. The van der Waals surface area contributed by atoms with Crippen LogP contribution in [0.1, 0.15) is 52.5 Å². The largest absolute Gasteiger partial charge is 0.465 e. The summed E-state index contributed by atoms with van der Waals surface area (Å²) < 4.78 is 10.6. The van der Waals surface area contributed by atoms with Gasteiger partial charge in [0.05, 0.1) is 13.2 Å². The van der Waals surface area contributed by atoms with Crippen molar-refractivity contribution in [1.82, 2.24) is 0 Å².